The van der Waals surface area contributed by atoms with Gasteiger partial charge in [-0.2, -0.15) is 0 Å². The zero-order valence-electron chi connectivity index (χ0n) is 13.9. The van der Waals surface area contributed by atoms with E-state index in [4.69, 9.17) is 9.15 Å². The Morgan fingerprint density at radius 3 is 2.42 bits per heavy atom. The van der Waals surface area contributed by atoms with Crippen LogP contribution < -0.4 is 10.4 Å². The fraction of sp³-hybridized carbons (Fsp3) is 0.200. The molecule has 3 aromatic rings. The third-order valence-electron chi connectivity index (χ3n) is 4.17. The summed E-state index contributed by atoms with van der Waals surface area (Å²) in [6, 6.07) is 12.6. The second kappa shape index (κ2) is 6.32. The molecule has 0 radical (unpaired) electrons. The SMILES string of the molecule is Cc1ccc(C(=O)COc2ccc3c(C)c(C)c(=O)oc3c2)cc1. The van der Waals surface area contributed by atoms with Crippen molar-refractivity contribution in [2.45, 2.75) is 20.8 Å². The Morgan fingerprint density at radius 1 is 1.00 bits per heavy atom. The predicted octanol–water partition coefficient (Wildman–Crippen LogP) is 3.98. The first-order valence-corrected chi connectivity index (χ1v) is 7.72. The van der Waals surface area contributed by atoms with E-state index in [-0.39, 0.29) is 18.0 Å². The van der Waals surface area contributed by atoms with Crippen LogP contribution >= 0.6 is 0 Å². The maximum Gasteiger partial charge on any atom is 0.339 e. The molecule has 0 saturated carbocycles. The van der Waals surface area contributed by atoms with Crippen LogP contribution in [0, 0.1) is 20.8 Å². The van der Waals surface area contributed by atoms with Gasteiger partial charge in [0.05, 0.1) is 0 Å². The van der Waals surface area contributed by atoms with Gasteiger partial charge in [-0.1, -0.05) is 29.8 Å². The molecule has 0 atom stereocenters. The lowest BCUT2D eigenvalue weighted by Crippen LogP contribution is -2.11. The number of hydrogen-bond acceptors (Lipinski definition) is 4. The Bertz CT molecular complexity index is 965. The molecule has 0 unspecified atom stereocenters. The van der Waals surface area contributed by atoms with E-state index in [2.05, 4.69) is 0 Å². The van der Waals surface area contributed by atoms with Crippen molar-refractivity contribution < 1.29 is 13.9 Å². The van der Waals surface area contributed by atoms with E-state index >= 15 is 0 Å². The lowest BCUT2D eigenvalue weighted by Gasteiger charge is -2.08. The minimum Gasteiger partial charge on any atom is -0.485 e. The molecule has 4 heteroatoms. The molecule has 0 bridgehead atoms. The molecule has 0 aliphatic rings. The quantitative estimate of drug-likeness (QED) is 0.538. The van der Waals surface area contributed by atoms with Crippen molar-refractivity contribution in [2.24, 2.45) is 0 Å². The third-order valence-corrected chi connectivity index (χ3v) is 4.17. The van der Waals surface area contributed by atoms with Gasteiger partial charge in [0.1, 0.15) is 11.3 Å². The average molecular weight is 322 g/mol. The van der Waals surface area contributed by atoms with Gasteiger partial charge in [0.15, 0.2) is 12.4 Å². The first-order chi connectivity index (χ1) is 11.5. The molecule has 4 nitrogen and oxygen atoms in total. The van der Waals surface area contributed by atoms with E-state index < -0.39 is 0 Å². The molecule has 3 rings (SSSR count). The Hall–Kier alpha value is -2.88. The monoisotopic (exact) mass is 322 g/mol. The molecule has 0 aliphatic heterocycles. The molecular formula is C20H18O4. The smallest absolute Gasteiger partial charge is 0.339 e. The zero-order valence-corrected chi connectivity index (χ0v) is 13.9. The van der Waals surface area contributed by atoms with Crippen LogP contribution in [0.4, 0.5) is 0 Å². The summed E-state index contributed by atoms with van der Waals surface area (Å²) in [4.78, 5) is 23.9. The van der Waals surface area contributed by atoms with Crippen LogP contribution in [0.2, 0.25) is 0 Å². The van der Waals surface area contributed by atoms with Crippen LogP contribution in [0.5, 0.6) is 5.75 Å². The molecule has 122 valence electrons. The molecule has 0 N–H and O–H groups in total. The van der Waals surface area contributed by atoms with Crippen LogP contribution in [-0.2, 0) is 0 Å². The standard InChI is InChI=1S/C20H18O4/c1-12-4-6-15(7-5-12)18(21)11-23-16-8-9-17-13(2)14(3)20(22)24-19(17)10-16/h4-10H,11H2,1-3H3. The maximum absolute atomic E-state index is 12.1. The molecule has 24 heavy (non-hydrogen) atoms. The molecular weight excluding hydrogens is 304 g/mol. The zero-order chi connectivity index (χ0) is 17.3. The number of rotatable bonds is 4. The van der Waals surface area contributed by atoms with Crippen molar-refractivity contribution in [3.8, 4) is 5.75 Å². The van der Waals surface area contributed by atoms with E-state index in [1.807, 2.05) is 32.0 Å². The van der Waals surface area contributed by atoms with Gasteiger partial charge in [0, 0.05) is 22.6 Å². The molecule has 0 spiro atoms. The van der Waals surface area contributed by atoms with Gasteiger partial charge in [-0.25, -0.2) is 4.79 Å². The largest absolute Gasteiger partial charge is 0.485 e. The minimum atomic E-state index is -0.354. The highest BCUT2D eigenvalue weighted by Gasteiger charge is 2.10. The number of ether oxygens (including phenoxy) is 1. The van der Waals surface area contributed by atoms with E-state index in [1.165, 1.54) is 0 Å². The van der Waals surface area contributed by atoms with Crippen LogP contribution in [0.15, 0.2) is 51.7 Å². The van der Waals surface area contributed by atoms with Crippen molar-refractivity contribution in [1.82, 2.24) is 0 Å². The topological polar surface area (TPSA) is 56.5 Å². The number of carbonyl (C=O) groups excluding carboxylic acids is 1. The number of carbonyl (C=O) groups is 1. The van der Waals surface area contributed by atoms with Crippen molar-refractivity contribution in [1.29, 1.82) is 0 Å². The van der Waals surface area contributed by atoms with Gasteiger partial charge in [0.25, 0.3) is 0 Å². The number of aryl methyl sites for hydroxylation is 2. The van der Waals surface area contributed by atoms with E-state index in [0.717, 1.165) is 16.5 Å². The molecule has 0 fully saturated rings. The van der Waals surface area contributed by atoms with Gasteiger partial charge in [0.2, 0.25) is 0 Å². The van der Waals surface area contributed by atoms with Gasteiger partial charge in [-0.3, -0.25) is 4.79 Å². The lowest BCUT2D eigenvalue weighted by molar-refractivity contribution is 0.0921. The summed E-state index contributed by atoms with van der Waals surface area (Å²) in [5.41, 5.74) is 3.31. The highest BCUT2D eigenvalue weighted by molar-refractivity contribution is 5.97. The molecule has 0 saturated heterocycles. The molecule has 0 aliphatic carbocycles. The van der Waals surface area contributed by atoms with Crippen molar-refractivity contribution in [3.05, 3.63) is 75.1 Å². The summed E-state index contributed by atoms with van der Waals surface area (Å²) in [5, 5.41) is 0.865. The predicted molar refractivity (Wildman–Crippen MR) is 93.0 cm³/mol. The fourth-order valence-corrected chi connectivity index (χ4v) is 2.49. The highest BCUT2D eigenvalue weighted by atomic mass is 16.5. The maximum atomic E-state index is 12.1. The molecule has 2 aromatic carbocycles. The van der Waals surface area contributed by atoms with Crippen molar-refractivity contribution in [3.63, 3.8) is 0 Å². The highest BCUT2D eigenvalue weighted by Crippen LogP contribution is 2.24. The van der Waals surface area contributed by atoms with Crippen LogP contribution in [0.3, 0.4) is 0 Å². The second-order valence-corrected chi connectivity index (χ2v) is 5.88. The molecule has 1 heterocycles. The van der Waals surface area contributed by atoms with Gasteiger partial charge < -0.3 is 9.15 Å². The normalized spacial score (nSPS) is 10.8. The first kappa shape index (κ1) is 16.0. The lowest BCUT2D eigenvalue weighted by atomic mass is 10.1. The number of benzene rings is 2. The van der Waals surface area contributed by atoms with E-state index in [9.17, 15) is 9.59 Å². The van der Waals surface area contributed by atoms with Crippen LogP contribution in [0.25, 0.3) is 11.0 Å². The Morgan fingerprint density at radius 2 is 1.71 bits per heavy atom. The van der Waals surface area contributed by atoms with Crippen molar-refractivity contribution in [2.75, 3.05) is 6.61 Å². The van der Waals surface area contributed by atoms with Gasteiger partial charge in [-0.15, -0.1) is 0 Å². The third kappa shape index (κ3) is 3.08. The minimum absolute atomic E-state index is 0.0658. The Balaban J connectivity index is 1.80. The molecule has 1 aromatic heterocycles. The van der Waals surface area contributed by atoms with Gasteiger partial charge >= 0.3 is 5.63 Å². The summed E-state index contributed by atoms with van der Waals surface area (Å²) in [7, 11) is 0. The summed E-state index contributed by atoms with van der Waals surface area (Å²) >= 11 is 0. The fourth-order valence-electron chi connectivity index (χ4n) is 2.49. The first-order valence-electron chi connectivity index (χ1n) is 7.72. The average Bonchev–Trinajstić information content (AvgIpc) is 2.58. The molecule has 0 amide bonds. The number of ketones is 1. The van der Waals surface area contributed by atoms with E-state index in [1.54, 1.807) is 31.2 Å². The second-order valence-electron chi connectivity index (χ2n) is 5.88. The van der Waals surface area contributed by atoms with Gasteiger partial charge in [-0.05, 0) is 38.5 Å². The number of hydrogen-bond donors (Lipinski definition) is 0. The van der Waals surface area contributed by atoms with Crippen LogP contribution in [0.1, 0.15) is 27.0 Å². The summed E-state index contributed by atoms with van der Waals surface area (Å²) < 4.78 is 10.9. The van der Waals surface area contributed by atoms with Crippen molar-refractivity contribution >= 4 is 16.8 Å². The van der Waals surface area contributed by atoms with Crippen LogP contribution in [-0.4, -0.2) is 12.4 Å². The Kier molecular flexibility index (Phi) is 4.21. The van der Waals surface area contributed by atoms with E-state index in [0.29, 0.717) is 22.5 Å². The Labute approximate surface area is 139 Å². The summed E-state index contributed by atoms with van der Waals surface area (Å²) in [6.07, 6.45) is 0. The summed E-state index contributed by atoms with van der Waals surface area (Å²) in [5.74, 6) is 0.394. The number of fused-ring (bicyclic) bond motifs is 1. The number of Topliss-reactive ketones (excluding diaryl/α,β-unsaturated/α-hetero) is 1. The summed E-state index contributed by atoms with van der Waals surface area (Å²) in [6.45, 7) is 5.53.